The largest absolute Gasteiger partial charge is 3.00 e. The number of rotatable bonds is 3. The van der Waals surface area contributed by atoms with Gasteiger partial charge in [-0.25, -0.2) is 0 Å². The van der Waals surface area contributed by atoms with E-state index in [0.717, 1.165) is 34.8 Å². The number of nitrogens with one attached hydrogen (secondary N) is 2. The van der Waals surface area contributed by atoms with E-state index < -0.39 is 12.1 Å². The summed E-state index contributed by atoms with van der Waals surface area (Å²) in [5.41, 5.74) is 17.9. The first-order valence-corrected chi connectivity index (χ1v) is 9.70. The Morgan fingerprint density at radius 2 is 0.966 bits per heavy atom. The van der Waals surface area contributed by atoms with E-state index in [0.29, 0.717) is 0 Å². The molecule has 0 saturated heterocycles. The van der Waals surface area contributed by atoms with E-state index in [-0.39, 0.29) is 33.0 Å². The molecule has 3 nitrogen and oxygen atoms in total. The minimum atomic E-state index is -0.524. The van der Waals surface area contributed by atoms with Gasteiger partial charge in [0.2, 0.25) is 0 Å². The van der Waals surface area contributed by atoms with E-state index in [9.17, 15) is 0 Å². The molecular formula is C25H39IrN2O. The first-order chi connectivity index (χ1) is 12.3. The molecule has 4 N–H and O–H groups in total. The van der Waals surface area contributed by atoms with Crippen molar-refractivity contribution in [1.29, 1.82) is 0 Å². The average molecular weight is 576 g/mol. The molecule has 29 heavy (non-hydrogen) atoms. The molecule has 1 aliphatic rings. The van der Waals surface area contributed by atoms with Crippen molar-refractivity contribution in [2.45, 2.75) is 54.1 Å². The maximum Gasteiger partial charge on any atom is 3.00 e. The third-order valence-corrected chi connectivity index (χ3v) is 6.49. The summed E-state index contributed by atoms with van der Waals surface area (Å²) in [6, 6.07) is 18.1. The minimum absolute atomic E-state index is 0. The summed E-state index contributed by atoms with van der Waals surface area (Å²) in [5, 5.41) is 0. The second-order valence-electron chi connectivity index (χ2n) is 7.82. The molecular weight excluding hydrogens is 537 g/mol. The fraction of sp³-hybridized carbons (Fsp3) is 0.480. The maximum atomic E-state index is 8.07. The zero-order chi connectivity index (χ0) is 19.3. The quantitative estimate of drug-likeness (QED) is 0.339. The van der Waals surface area contributed by atoms with Crippen LogP contribution in [0.3, 0.4) is 0 Å². The summed E-state index contributed by atoms with van der Waals surface area (Å²) in [7, 11) is 0. The summed E-state index contributed by atoms with van der Waals surface area (Å²) in [4.78, 5) is 0. The predicted octanol–water partition coefficient (Wildman–Crippen LogP) is 7.52. The molecule has 0 spiro atoms. The predicted molar refractivity (Wildman–Crippen MR) is 123 cm³/mol. The smallest absolute Gasteiger partial charge is 0.672 e. The first-order valence-electron chi connectivity index (χ1n) is 9.70. The fourth-order valence-corrected chi connectivity index (χ4v) is 3.86. The zero-order valence-electron chi connectivity index (χ0n) is 17.6. The number of hydrogen-bond donors (Lipinski definition) is 0. The standard InChI is InChI=1S/C14H14N2.C10H19.CH4.Ir.H2O/c15-13(11-7-3-1-4-8-11)14(16)12-9-5-2-6-10-12;1-6-7(2)9(4)10(5)8(6)3;;;/h1-10,13-16H;6-9H,1-5H3;1H4;;1H2/q-2;-1;;+3;/t13-,14-;;;;/m1..../s1. The van der Waals surface area contributed by atoms with Crippen LogP contribution in [0, 0.1) is 29.6 Å². The van der Waals surface area contributed by atoms with Gasteiger partial charge in [-0.3, -0.25) is 0 Å². The zero-order valence-corrected chi connectivity index (χ0v) is 20.0. The van der Waals surface area contributed by atoms with Gasteiger partial charge in [0.15, 0.2) is 0 Å². The third-order valence-electron chi connectivity index (χ3n) is 6.49. The van der Waals surface area contributed by atoms with Gasteiger partial charge in [0.25, 0.3) is 0 Å². The van der Waals surface area contributed by atoms with Crippen LogP contribution in [0.15, 0.2) is 60.7 Å². The van der Waals surface area contributed by atoms with Gasteiger partial charge in [0.1, 0.15) is 0 Å². The van der Waals surface area contributed by atoms with Crippen molar-refractivity contribution in [1.82, 2.24) is 0 Å². The van der Waals surface area contributed by atoms with Gasteiger partial charge in [-0.2, -0.15) is 18.8 Å². The van der Waals surface area contributed by atoms with Gasteiger partial charge in [0.05, 0.1) is 0 Å². The molecule has 0 heterocycles. The Balaban J connectivity index is 0. The Labute approximate surface area is 192 Å². The molecule has 4 heteroatoms. The molecule has 2 aromatic rings. The van der Waals surface area contributed by atoms with Gasteiger partial charge in [-0.1, -0.05) is 119 Å². The van der Waals surface area contributed by atoms with Gasteiger partial charge < -0.3 is 22.9 Å². The van der Waals surface area contributed by atoms with Crippen molar-refractivity contribution in [3.05, 3.63) is 89.2 Å². The second kappa shape index (κ2) is 14.1. The van der Waals surface area contributed by atoms with E-state index in [4.69, 9.17) is 11.5 Å². The molecule has 164 valence electrons. The molecule has 3 rings (SSSR count). The maximum absolute atomic E-state index is 8.07. The Hall–Kier alpha value is -1.03. The SMILES string of the molecule is C.C[C-]1C(C)C(C)C(C)C1C.O.[Ir+3].[NH-][C@H](c1ccccc1)[C@H]([NH-])c1ccccc1. The molecule has 1 saturated carbocycles. The summed E-state index contributed by atoms with van der Waals surface area (Å²) in [5.74, 6) is 5.21. The molecule has 1 aliphatic carbocycles. The Morgan fingerprint density at radius 3 is 1.17 bits per heavy atom. The van der Waals surface area contributed by atoms with Crippen molar-refractivity contribution >= 4 is 0 Å². The van der Waals surface area contributed by atoms with Gasteiger partial charge in [-0.05, 0) is 0 Å². The summed E-state index contributed by atoms with van der Waals surface area (Å²) in [6.45, 7) is 11.8. The average Bonchev–Trinajstić information content (AvgIpc) is 2.86. The van der Waals surface area contributed by atoms with Crippen LogP contribution in [0.1, 0.15) is 65.3 Å². The normalized spacial score (nSPS) is 25.2. The van der Waals surface area contributed by atoms with Crippen molar-refractivity contribution in [2.24, 2.45) is 23.7 Å². The van der Waals surface area contributed by atoms with Crippen molar-refractivity contribution in [3.63, 3.8) is 0 Å². The van der Waals surface area contributed by atoms with Crippen LogP contribution >= 0.6 is 0 Å². The molecule has 0 aromatic heterocycles. The van der Waals surface area contributed by atoms with E-state index in [2.05, 4.69) is 34.6 Å². The number of hydrogen-bond acceptors (Lipinski definition) is 0. The third kappa shape index (κ3) is 7.62. The Bertz CT molecular complexity index is 564. The van der Waals surface area contributed by atoms with Crippen LogP contribution in [0.4, 0.5) is 0 Å². The molecule has 0 aliphatic heterocycles. The van der Waals surface area contributed by atoms with E-state index in [1.54, 1.807) is 5.92 Å². The van der Waals surface area contributed by atoms with Crippen LogP contribution in [0.2, 0.25) is 0 Å². The molecule has 0 amide bonds. The van der Waals surface area contributed by atoms with Crippen molar-refractivity contribution < 1.29 is 25.6 Å². The molecule has 0 bridgehead atoms. The van der Waals surface area contributed by atoms with Gasteiger partial charge in [-0.15, -0.1) is 12.1 Å². The first kappa shape index (κ1) is 30.2. The fourth-order valence-electron chi connectivity index (χ4n) is 3.86. The number of benzene rings is 2. The van der Waals surface area contributed by atoms with Crippen LogP contribution in [0.5, 0.6) is 0 Å². The molecule has 1 fully saturated rings. The summed E-state index contributed by atoms with van der Waals surface area (Å²) < 4.78 is 0. The second-order valence-corrected chi connectivity index (χ2v) is 7.82. The van der Waals surface area contributed by atoms with Crippen molar-refractivity contribution in [2.75, 3.05) is 0 Å². The van der Waals surface area contributed by atoms with Crippen LogP contribution < -0.4 is 0 Å². The van der Waals surface area contributed by atoms with Crippen LogP contribution in [-0.4, -0.2) is 5.48 Å². The molecule has 0 radical (unpaired) electrons. The monoisotopic (exact) mass is 576 g/mol. The summed E-state index contributed by atoms with van der Waals surface area (Å²) in [6.07, 6.45) is 0. The Morgan fingerprint density at radius 1 is 0.690 bits per heavy atom. The minimum Gasteiger partial charge on any atom is -0.672 e. The van der Waals surface area contributed by atoms with Crippen LogP contribution in [-0.2, 0) is 20.1 Å². The van der Waals surface area contributed by atoms with Crippen molar-refractivity contribution in [3.8, 4) is 0 Å². The molecule has 6 atom stereocenters. The topological polar surface area (TPSA) is 79.1 Å². The van der Waals surface area contributed by atoms with E-state index >= 15 is 0 Å². The van der Waals surface area contributed by atoms with Gasteiger partial charge in [0, 0.05) is 0 Å². The summed E-state index contributed by atoms with van der Waals surface area (Å²) >= 11 is 0. The Kier molecular flexibility index (Phi) is 14.6. The van der Waals surface area contributed by atoms with E-state index in [1.165, 1.54) is 0 Å². The molecule has 4 unspecified atom stereocenters. The van der Waals surface area contributed by atoms with E-state index in [1.807, 2.05) is 60.7 Å². The molecule has 2 aromatic carbocycles. The van der Waals surface area contributed by atoms with Gasteiger partial charge >= 0.3 is 20.1 Å². The van der Waals surface area contributed by atoms with Crippen LogP contribution in [0.25, 0.3) is 11.5 Å².